The average molecular weight is 319 g/mol. The molecule has 0 unspecified atom stereocenters. The molecular weight excluding hydrogens is 304 g/mol. The van der Waals surface area contributed by atoms with Crippen LogP contribution in [0.4, 0.5) is 0 Å². The lowest BCUT2D eigenvalue weighted by atomic mass is 10.2. The van der Waals surface area contributed by atoms with Gasteiger partial charge in [0.05, 0.1) is 16.7 Å². The van der Waals surface area contributed by atoms with Gasteiger partial charge in [-0.3, -0.25) is 0 Å². The van der Waals surface area contributed by atoms with E-state index in [-0.39, 0.29) is 14.7 Å². The van der Waals surface area contributed by atoms with Crippen LogP contribution in [0.25, 0.3) is 0 Å². The zero-order valence-corrected chi connectivity index (χ0v) is 13.3. The smallest absolute Gasteiger partial charge is 0.210 e. The summed E-state index contributed by atoms with van der Waals surface area (Å²) < 4.78 is 26.6. The lowest BCUT2D eigenvalue weighted by Gasteiger charge is -2.22. The molecule has 0 fully saturated rings. The van der Waals surface area contributed by atoms with Crippen LogP contribution in [0.2, 0.25) is 5.02 Å². The summed E-state index contributed by atoms with van der Waals surface area (Å²) in [6, 6.07) is 6.03. The van der Waals surface area contributed by atoms with E-state index in [9.17, 15) is 8.42 Å². The number of benzene rings is 1. The molecule has 1 aromatic rings. The summed E-state index contributed by atoms with van der Waals surface area (Å²) in [5.74, 6) is 0. The van der Waals surface area contributed by atoms with Gasteiger partial charge in [-0.05, 0) is 38.3 Å². The van der Waals surface area contributed by atoms with Gasteiger partial charge in [0.2, 0.25) is 10.0 Å². The second kappa shape index (κ2) is 6.14. The highest BCUT2D eigenvalue weighted by atomic mass is 35.5. The first kappa shape index (κ1) is 16.3. The third-order valence-corrected chi connectivity index (χ3v) is 5.72. The minimum absolute atomic E-state index is 0.00919. The van der Waals surface area contributed by atoms with Gasteiger partial charge in [0.25, 0.3) is 0 Å². The van der Waals surface area contributed by atoms with Crippen molar-refractivity contribution in [2.24, 2.45) is 0 Å². The van der Waals surface area contributed by atoms with Crippen molar-refractivity contribution in [3.63, 3.8) is 0 Å². The third kappa shape index (κ3) is 4.39. The van der Waals surface area contributed by atoms with E-state index in [0.717, 1.165) is 0 Å². The molecule has 1 N–H and O–H groups in total. The van der Waals surface area contributed by atoms with Gasteiger partial charge in [0.1, 0.15) is 4.90 Å². The van der Waals surface area contributed by atoms with Gasteiger partial charge in [-0.2, -0.15) is 17.0 Å². The van der Waals surface area contributed by atoms with Crippen LogP contribution in [-0.2, 0) is 10.0 Å². The Bertz CT molecular complexity index is 607. The molecule has 1 aromatic carbocycles. The second-order valence-corrected chi connectivity index (χ2v) is 8.20. The number of hydrogen-bond donors (Lipinski definition) is 1. The van der Waals surface area contributed by atoms with Crippen molar-refractivity contribution < 1.29 is 8.42 Å². The van der Waals surface area contributed by atoms with Crippen molar-refractivity contribution >= 4 is 33.4 Å². The first-order chi connectivity index (χ1) is 8.72. The Morgan fingerprint density at radius 1 is 1.47 bits per heavy atom. The van der Waals surface area contributed by atoms with Crippen molar-refractivity contribution in [1.29, 1.82) is 5.26 Å². The monoisotopic (exact) mass is 318 g/mol. The van der Waals surface area contributed by atoms with Gasteiger partial charge in [-0.25, -0.2) is 13.1 Å². The molecule has 0 saturated carbocycles. The number of hydrogen-bond acceptors (Lipinski definition) is 4. The predicted octanol–water partition coefficient (Wildman–Crippen LogP) is 2.63. The van der Waals surface area contributed by atoms with Gasteiger partial charge in [-0.1, -0.05) is 11.6 Å². The summed E-state index contributed by atoms with van der Waals surface area (Å²) in [4.78, 5) is -0.00919. The molecule has 0 atom stereocenters. The minimum Gasteiger partial charge on any atom is -0.210 e. The summed E-state index contributed by atoms with van der Waals surface area (Å²) in [7, 11) is -3.66. The molecule has 0 spiro atoms. The molecule has 0 aliphatic heterocycles. The van der Waals surface area contributed by atoms with Crippen LogP contribution < -0.4 is 4.72 Å². The molecule has 19 heavy (non-hydrogen) atoms. The maximum Gasteiger partial charge on any atom is 0.242 e. The Morgan fingerprint density at radius 3 is 2.58 bits per heavy atom. The fourth-order valence-electron chi connectivity index (χ4n) is 1.21. The molecule has 0 amide bonds. The van der Waals surface area contributed by atoms with Crippen LogP contribution in [0, 0.1) is 11.3 Å². The Morgan fingerprint density at radius 2 is 2.11 bits per heavy atom. The van der Waals surface area contributed by atoms with Crippen molar-refractivity contribution in [3.05, 3.63) is 28.8 Å². The topological polar surface area (TPSA) is 70.0 Å². The quantitative estimate of drug-likeness (QED) is 0.906. The van der Waals surface area contributed by atoms with E-state index in [4.69, 9.17) is 16.9 Å². The van der Waals surface area contributed by atoms with Crippen LogP contribution in [0.3, 0.4) is 0 Å². The first-order valence-electron chi connectivity index (χ1n) is 5.46. The van der Waals surface area contributed by atoms with Crippen molar-refractivity contribution in [3.8, 4) is 6.07 Å². The number of nitriles is 1. The van der Waals surface area contributed by atoms with E-state index in [2.05, 4.69) is 4.72 Å². The van der Waals surface area contributed by atoms with E-state index in [0.29, 0.717) is 12.1 Å². The number of nitrogens with zero attached hydrogens (tertiary/aromatic N) is 1. The summed E-state index contributed by atoms with van der Waals surface area (Å²) in [5, 5.41) is 8.77. The molecular formula is C12H15ClN2O2S2. The largest absolute Gasteiger partial charge is 0.242 e. The molecule has 1 rings (SSSR count). The molecule has 0 bridgehead atoms. The van der Waals surface area contributed by atoms with Crippen LogP contribution in [0.1, 0.15) is 19.4 Å². The van der Waals surface area contributed by atoms with E-state index >= 15 is 0 Å². The van der Waals surface area contributed by atoms with Crippen molar-refractivity contribution in [2.75, 3.05) is 12.8 Å². The summed E-state index contributed by atoms with van der Waals surface area (Å²) in [5.41, 5.74) is 0.327. The van der Waals surface area contributed by atoms with E-state index in [1.54, 1.807) is 11.8 Å². The Kier molecular flexibility index (Phi) is 5.27. The van der Waals surface area contributed by atoms with Gasteiger partial charge in [0, 0.05) is 11.3 Å². The van der Waals surface area contributed by atoms with E-state index in [1.807, 2.05) is 26.2 Å². The second-order valence-electron chi connectivity index (χ2n) is 4.55. The predicted molar refractivity (Wildman–Crippen MR) is 78.9 cm³/mol. The first-order valence-corrected chi connectivity index (χ1v) is 8.55. The molecule has 0 heterocycles. The van der Waals surface area contributed by atoms with Crippen molar-refractivity contribution in [2.45, 2.75) is 23.5 Å². The Hall–Kier alpha value is -0.740. The third-order valence-electron chi connectivity index (χ3n) is 2.59. The maximum atomic E-state index is 12.1. The molecule has 0 aliphatic carbocycles. The maximum absolute atomic E-state index is 12.1. The highest BCUT2D eigenvalue weighted by Gasteiger charge is 2.23. The molecule has 4 nitrogen and oxygen atoms in total. The summed E-state index contributed by atoms with van der Waals surface area (Å²) in [6.45, 7) is 4.19. The number of sulfonamides is 1. The molecule has 0 aliphatic rings. The molecule has 0 radical (unpaired) electrons. The van der Waals surface area contributed by atoms with Gasteiger partial charge in [0.15, 0.2) is 0 Å². The average Bonchev–Trinajstić information content (AvgIpc) is 2.36. The van der Waals surface area contributed by atoms with Gasteiger partial charge < -0.3 is 0 Å². The van der Waals surface area contributed by atoms with Gasteiger partial charge >= 0.3 is 0 Å². The molecule has 0 saturated heterocycles. The SMILES string of the molecule is CSC(C)(C)CNS(=O)(=O)c1ccc(C#N)cc1Cl. The lowest BCUT2D eigenvalue weighted by molar-refractivity contribution is 0.571. The van der Waals surface area contributed by atoms with E-state index < -0.39 is 10.0 Å². The number of rotatable bonds is 5. The minimum atomic E-state index is -3.66. The van der Waals surface area contributed by atoms with Crippen molar-refractivity contribution in [1.82, 2.24) is 4.72 Å². The van der Waals surface area contributed by atoms with Crippen LogP contribution >= 0.6 is 23.4 Å². The standard InChI is InChI=1S/C12H15ClN2O2S2/c1-12(2,18-3)8-15-19(16,17)11-5-4-9(7-14)6-10(11)13/h4-6,15H,8H2,1-3H3. The van der Waals surface area contributed by atoms with Crippen LogP contribution in [-0.4, -0.2) is 26.0 Å². The molecule has 0 aromatic heterocycles. The highest BCUT2D eigenvalue weighted by Crippen LogP contribution is 2.24. The Labute approximate surface area is 123 Å². The molecule has 104 valence electrons. The normalized spacial score (nSPS) is 12.2. The fourth-order valence-corrected chi connectivity index (χ4v) is 3.27. The lowest BCUT2D eigenvalue weighted by Crippen LogP contribution is -2.36. The number of halogens is 1. The fraction of sp³-hybridized carbons (Fsp3) is 0.417. The van der Waals surface area contributed by atoms with Gasteiger partial charge in [-0.15, -0.1) is 0 Å². The molecule has 7 heteroatoms. The van der Waals surface area contributed by atoms with Crippen LogP contribution in [0.5, 0.6) is 0 Å². The Balaban J connectivity index is 2.99. The highest BCUT2D eigenvalue weighted by molar-refractivity contribution is 8.00. The van der Waals surface area contributed by atoms with E-state index in [1.165, 1.54) is 18.2 Å². The number of thioether (sulfide) groups is 1. The number of nitrogens with one attached hydrogen (secondary N) is 1. The summed E-state index contributed by atoms with van der Waals surface area (Å²) in [6.07, 6.45) is 1.92. The van der Waals surface area contributed by atoms with Crippen LogP contribution in [0.15, 0.2) is 23.1 Å². The zero-order valence-electron chi connectivity index (χ0n) is 10.9. The zero-order chi connectivity index (χ0) is 14.7. The summed E-state index contributed by atoms with van der Waals surface area (Å²) >= 11 is 7.47.